The molecule has 21 heavy (non-hydrogen) atoms. The minimum Gasteiger partial charge on any atom is -0.394 e. The van der Waals surface area contributed by atoms with Gasteiger partial charge in [0.25, 0.3) is 0 Å². The molecule has 5 nitrogen and oxygen atoms in total. The van der Waals surface area contributed by atoms with E-state index in [4.69, 9.17) is 0 Å². The number of hydrogen-bond donors (Lipinski definition) is 2. The van der Waals surface area contributed by atoms with Crippen LogP contribution in [0.4, 0.5) is 0 Å². The molecule has 1 saturated heterocycles. The number of aliphatic hydroxyl groups excluding tert-OH is 1. The first-order valence-electron chi connectivity index (χ1n) is 8.35. The number of rotatable bonds is 5. The fraction of sp³-hybridized carbons (Fsp3) is 0.875. The molecule has 0 unspecified atom stereocenters. The van der Waals surface area contributed by atoms with E-state index in [9.17, 15) is 14.7 Å². The summed E-state index contributed by atoms with van der Waals surface area (Å²) in [6.07, 6.45) is 9.08. The summed E-state index contributed by atoms with van der Waals surface area (Å²) in [5, 5.41) is 12.6. The lowest BCUT2D eigenvalue weighted by Crippen LogP contribution is -2.53. The Balaban J connectivity index is 1.79. The van der Waals surface area contributed by atoms with Gasteiger partial charge in [0.15, 0.2) is 0 Å². The largest absolute Gasteiger partial charge is 0.394 e. The summed E-state index contributed by atoms with van der Waals surface area (Å²) in [6, 6.07) is 0. The van der Waals surface area contributed by atoms with Crippen LogP contribution in [0.25, 0.3) is 0 Å². The van der Waals surface area contributed by atoms with E-state index in [1.165, 1.54) is 6.42 Å². The van der Waals surface area contributed by atoms with E-state index < -0.39 is 5.54 Å². The third-order valence-electron chi connectivity index (χ3n) is 4.80. The Labute approximate surface area is 127 Å². The first-order chi connectivity index (χ1) is 10.2. The highest BCUT2D eigenvalue weighted by Crippen LogP contribution is 2.27. The molecule has 1 saturated carbocycles. The third kappa shape index (κ3) is 4.70. The Kier molecular flexibility index (Phi) is 6.03. The van der Waals surface area contributed by atoms with Crippen molar-refractivity contribution >= 4 is 11.8 Å². The van der Waals surface area contributed by atoms with Crippen LogP contribution in [0.3, 0.4) is 0 Å². The molecule has 0 spiro atoms. The molecule has 0 atom stereocenters. The molecule has 2 fully saturated rings. The molecule has 5 heteroatoms. The van der Waals surface area contributed by atoms with Crippen LogP contribution >= 0.6 is 0 Å². The van der Waals surface area contributed by atoms with E-state index in [-0.39, 0.29) is 18.4 Å². The number of nitrogens with one attached hydrogen (secondary N) is 1. The highest BCUT2D eigenvalue weighted by Gasteiger charge is 2.32. The van der Waals surface area contributed by atoms with Crippen molar-refractivity contribution in [1.29, 1.82) is 0 Å². The average Bonchev–Trinajstić information content (AvgIpc) is 2.70. The monoisotopic (exact) mass is 296 g/mol. The zero-order chi connectivity index (χ0) is 15.1. The summed E-state index contributed by atoms with van der Waals surface area (Å²) in [4.78, 5) is 25.9. The van der Waals surface area contributed by atoms with Crippen LogP contribution in [0.15, 0.2) is 0 Å². The second-order valence-corrected chi connectivity index (χ2v) is 6.49. The lowest BCUT2D eigenvalue weighted by Gasteiger charge is -2.36. The molecule has 2 aliphatic rings. The van der Waals surface area contributed by atoms with Gasteiger partial charge >= 0.3 is 0 Å². The van der Waals surface area contributed by atoms with E-state index in [0.29, 0.717) is 19.4 Å². The minimum absolute atomic E-state index is 0.0153. The molecule has 0 radical (unpaired) electrons. The van der Waals surface area contributed by atoms with Gasteiger partial charge in [-0.1, -0.05) is 25.7 Å². The Morgan fingerprint density at radius 2 is 1.86 bits per heavy atom. The summed E-state index contributed by atoms with van der Waals surface area (Å²) in [5.41, 5.74) is -0.419. The molecular formula is C16H28N2O3. The second kappa shape index (κ2) is 7.78. The molecule has 1 aliphatic heterocycles. The number of aliphatic hydroxyl groups is 1. The van der Waals surface area contributed by atoms with Gasteiger partial charge < -0.3 is 15.3 Å². The van der Waals surface area contributed by atoms with Crippen molar-refractivity contribution in [2.24, 2.45) is 0 Å². The van der Waals surface area contributed by atoms with Crippen molar-refractivity contribution in [3.05, 3.63) is 0 Å². The van der Waals surface area contributed by atoms with E-state index in [1.807, 2.05) is 4.90 Å². The molecule has 2 amide bonds. The highest BCUT2D eigenvalue weighted by atomic mass is 16.3. The lowest BCUT2D eigenvalue weighted by atomic mass is 9.82. The second-order valence-electron chi connectivity index (χ2n) is 6.49. The maximum atomic E-state index is 12.2. The zero-order valence-electron chi connectivity index (χ0n) is 12.9. The number of hydrogen-bond acceptors (Lipinski definition) is 3. The molecule has 2 rings (SSSR count). The van der Waals surface area contributed by atoms with Crippen LogP contribution in [0.1, 0.15) is 64.2 Å². The van der Waals surface area contributed by atoms with Crippen molar-refractivity contribution < 1.29 is 14.7 Å². The summed E-state index contributed by atoms with van der Waals surface area (Å²) in [7, 11) is 0. The molecule has 2 N–H and O–H groups in total. The van der Waals surface area contributed by atoms with Gasteiger partial charge in [0.1, 0.15) is 0 Å². The average molecular weight is 296 g/mol. The Bertz CT molecular complexity index is 365. The first-order valence-corrected chi connectivity index (χ1v) is 8.35. The molecule has 120 valence electrons. The Morgan fingerprint density at radius 1 is 1.14 bits per heavy atom. The summed E-state index contributed by atoms with van der Waals surface area (Å²) < 4.78 is 0. The number of carbonyl (C=O) groups is 2. The Hall–Kier alpha value is -1.10. The summed E-state index contributed by atoms with van der Waals surface area (Å²) in [5.74, 6) is 0.137. The van der Waals surface area contributed by atoms with Crippen molar-refractivity contribution in [3.63, 3.8) is 0 Å². The van der Waals surface area contributed by atoms with Gasteiger partial charge in [-0.15, -0.1) is 0 Å². The van der Waals surface area contributed by atoms with Crippen LogP contribution < -0.4 is 5.32 Å². The molecule has 0 bridgehead atoms. The van der Waals surface area contributed by atoms with Gasteiger partial charge in [-0.2, -0.15) is 0 Å². The predicted octanol–water partition coefficient (Wildman–Crippen LogP) is 1.59. The third-order valence-corrected chi connectivity index (χ3v) is 4.80. The number of nitrogens with zero attached hydrogens (tertiary/aromatic N) is 1. The standard InChI is InChI=1S/C16H28N2O3/c19-13-16(9-4-2-5-10-16)17-14(20)8-12-18-11-6-1-3-7-15(18)21/h19H,1-13H2,(H,17,20). The van der Waals surface area contributed by atoms with Crippen LogP contribution in [0.2, 0.25) is 0 Å². The smallest absolute Gasteiger partial charge is 0.222 e. The molecule has 0 aromatic carbocycles. The van der Waals surface area contributed by atoms with E-state index >= 15 is 0 Å². The van der Waals surface area contributed by atoms with Crippen LogP contribution in [0.5, 0.6) is 0 Å². The van der Waals surface area contributed by atoms with E-state index in [0.717, 1.165) is 51.5 Å². The van der Waals surface area contributed by atoms with Crippen LogP contribution in [-0.4, -0.2) is 47.1 Å². The Morgan fingerprint density at radius 3 is 2.57 bits per heavy atom. The molecule has 0 aromatic rings. The van der Waals surface area contributed by atoms with Crippen LogP contribution in [0, 0.1) is 0 Å². The van der Waals surface area contributed by atoms with E-state index in [2.05, 4.69) is 5.32 Å². The van der Waals surface area contributed by atoms with Gasteiger partial charge in [-0.25, -0.2) is 0 Å². The quantitative estimate of drug-likeness (QED) is 0.809. The fourth-order valence-electron chi connectivity index (χ4n) is 3.42. The maximum absolute atomic E-state index is 12.2. The summed E-state index contributed by atoms with van der Waals surface area (Å²) >= 11 is 0. The van der Waals surface area contributed by atoms with Crippen molar-refractivity contribution in [1.82, 2.24) is 10.2 Å². The minimum atomic E-state index is -0.419. The van der Waals surface area contributed by atoms with Crippen molar-refractivity contribution in [2.45, 2.75) is 69.7 Å². The lowest BCUT2D eigenvalue weighted by molar-refractivity contribution is -0.131. The van der Waals surface area contributed by atoms with Gasteiger partial charge in [-0.3, -0.25) is 9.59 Å². The van der Waals surface area contributed by atoms with Gasteiger partial charge in [-0.05, 0) is 25.7 Å². The van der Waals surface area contributed by atoms with Gasteiger partial charge in [0.05, 0.1) is 12.1 Å². The van der Waals surface area contributed by atoms with Crippen molar-refractivity contribution in [2.75, 3.05) is 19.7 Å². The highest BCUT2D eigenvalue weighted by molar-refractivity contribution is 5.79. The summed E-state index contributed by atoms with van der Waals surface area (Å²) in [6.45, 7) is 1.30. The molecular weight excluding hydrogens is 268 g/mol. The predicted molar refractivity (Wildman–Crippen MR) is 80.7 cm³/mol. The normalized spacial score (nSPS) is 22.7. The SMILES string of the molecule is O=C(CCN1CCCCCC1=O)NC1(CO)CCCCC1. The zero-order valence-corrected chi connectivity index (χ0v) is 12.9. The van der Waals surface area contributed by atoms with Crippen molar-refractivity contribution in [3.8, 4) is 0 Å². The van der Waals surface area contributed by atoms with Gasteiger partial charge in [0, 0.05) is 25.9 Å². The van der Waals surface area contributed by atoms with Gasteiger partial charge in [0.2, 0.25) is 11.8 Å². The first kappa shape index (κ1) is 16.3. The molecule has 0 aromatic heterocycles. The molecule has 1 aliphatic carbocycles. The number of likely N-dealkylation sites (tertiary alicyclic amines) is 1. The fourth-order valence-corrected chi connectivity index (χ4v) is 3.42. The van der Waals surface area contributed by atoms with Crippen LogP contribution in [-0.2, 0) is 9.59 Å². The maximum Gasteiger partial charge on any atom is 0.222 e. The number of amides is 2. The number of carbonyl (C=O) groups excluding carboxylic acids is 2. The molecule has 1 heterocycles. The topological polar surface area (TPSA) is 69.6 Å². The van der Waals surface area contributed by atoms with E-state index in [1.54, 1.807) is 0 Å².